The van der Waals surface area contributed by atoms with Gasteiger partial charge in [0.1, 0.15) is 11.0 Å². The maximum absolute atomic E-state index is 13.3. The minimum absolute atomic E-state index is 0.0662. The van der Waals surface area contributed by atoms with Crippen LogP contribution in [0.2, 0.25) is 0 Å². The van der Waals surface area contributed by atoms with Crippen molar-refractivity contribution in [3.05, 3.63) is 51.4 Å². The number of thiophene rings is 1. The summed E-state index contributed by atoms with van der Waals surface area (Å²) in [4.78, 5) is 25.1. The third-order valence-corrected chi connectivity index (χ3v) is 5.28. The van der Waals surface area contributed by atoms with Crippen molar-refractivity contribution in [3.8, 4) is 0 Å². The molecule has 0 aliphatic carbocycles. The number of halogens is 2. The monoisotopic (exact) mass is 383 g/mol. The minimum Gasteiger partial charge on any atom is -0.465 e. The number of benzene rings is 1. The zero-order chi connectivity index (χ0) is 19.4. The molecule has 0 saturated heterocycles. The van der Waals surface area contributed by atoms with Crippen LogP contribution in [0.1, 0.15) is 39.3 Å². The Bertz CT molecular complexity index is 836. The first-order chi connectivity index (χ1) is 12.2. The zero-order valence-corrected chi connectivity index (χ0v) is 15.8. The van der Waals surface area contributed by atoms with Crippen LogP contribution in [0.4, 0.5) is 13.8 Å². The molecule has 0 saturated carbocycles. The van der Waals surface area contributed by atoms with E-state index < -0.39 is 17.6 Å². The van der Waals surface area contributed by atoms with Gasteiger partial charge in [0.15, 0.2) is 18.2 Å². The summed E-state index contributed by atoms with van der Waals surface area (Å²) >= 11 is 1.31. The summed E-state index contributed by atoms with van der Waals surface area (Å²) in [5, 5.41) is 4.88. The second-order valence-electron chi connectivity index (χ2n) is 5.93. The molecule has 2 aromatic rings. The lowest BCUT2D eigenvalue weighted by Crippen LogP contribution is -2.86. The van der Waals surface area contributed by atoms with Crippen LogP contribution < -0.4 is 10.6 Å². The van der Waals surface area contributed by atoms with E-state index in [1.165, 1.54) is 24.5 Å². The van der Waals surface area contributed by atoms with Gasteiger partial charge in [-0.25, -0.2) is 13.6 Å². The van der Waals surface area contributed by atoms with Gasteiger partial charge in [0, 0.05) is 10.4 Å². The summed E-state index contributed by atoms with van der Waals surface area (Å²) in [6, 6.07) is 3.44. The first kappa shape index (κ1) is 20.0. The Balaban J connectivity index is 2.02. The molecule has 0 unspecified atom stereocenters. The van der Waals surface area contributed by atoms with Crippen LogP contribution in [-0.4, -0.2) is 25.5 Å². The van der Waals surface area contributed by atoms with E-state index in [1.807, 2.05) is 6.92 Å². The number of hydrogen-bond acceptors (Lipinski definition) is 4. The van der Waals surface area contributed by atoms with Crippen molar-refractivity contribution in [3.63, 3.8) is 0 Å². The molecule has 5 nitrogen and oxygen atoms in total. The number of carbonyl (C=O) groups excluding carboxylic acids is 2. The van der Waals surface area contributed by atoms with Gasteiger partial charge in [-0.15, -0.1) is 11.3 Å². The second kappa shape index (κ2) is 8.37. The van der Waals surface area contributed by atoms with Gasteiger partial charge in [0.2, 0.25) is 0 Å². The maximum atomic E-state index is 13.3. The topological polar surface area (TPSA) is 72.0 Å². The third kappa shape index (κ3) is 4.44. The van der Waals surface area contributed by atoms with E-state index in [0.29, 0.717) is 16.1 Å². The third-order valence-electron chi connectivity index (χ3n) is 4.15. The Kier molecular flexibility index (Phi) is 6.44. The van der Waals surface area contributed by atoms with E-state index in [1.54, 1.807) is 19.2 Å². The lowest BCUT2D eigenvalue weighted by atomic mass is 10.1. The van der Waals surface area contributed by atoms with Crippen molar-refractivity contribution in [1.82, 2.24) is 0 Å². The SMILES string of the molecule is COC(=O)c1c(NC(=O)C[NH2+][C@H](C)c2ccc(F)c(F)c2)sc(C)c1C. The van der Waals surface area contributed by atoms with Gasteiger partial charge in [0.25, 0.3) is 5.91 Å². The fourth-order valence-electron chi connectivity index (χ4n) is 2.46. The van der Waals surface area contributed by atoms with Gasteiger partial charge in [-0.2, -0.15) is 0 Å². The number of carbonyl (C=O) groups is 2. The molecule has 0 spiro atoms. The van der Waals surface area contributed by atoms with Crippen LogP contribution in [-0.2, 0) is 9.53 Å². The predicted molar refractivity (Wildman–Crippen MR) is 95.3 cm³/mol. The minimum atomic E-state index is -0.917. The average Bonchev–Trinajstić information content (AvgIpc) is 2.88. The Morgan fingerprint density at radius 1 is 1.27 bits per heavy atom. The molecule has 1 heterocycles. The van der Waals surface area contributed by atoms with E-state index in [4.69, 9.17) is 4.74 Å². The summed E-state index contributed by atoms with van der Waals surface area (Å²) in [5.74, 6) is -2.62. The van der Waals surface area contributed by atoms with Gasteiger partial charge < -0.3 is 15.4 Å². The summed E-state index contributed by atoms with van der Waals surface area (Å²) in [5.41, 5.74) is 1.71. The first-order valence-electron chi connectivity index (χ1n) is 8.01. The van der Waals surface area contributed by atoms with Crippen molar-refractivity contribution in [2.24, 2.45) is 0 Å². The number of anilines is 1. The summed E-state index contributed by atoms with van der Waals surface area (Å²) in [7, 11) is 1.29. The Hall–Kier alpha value is -2.32. The predicted octanol–water partition coefficient (Wildman–Crippen LogP) is 2.69. The van der Waals surface area contributed by atoms with E-state index >= 15 is 0 Å². The highest BCUT2D eigenvalue weighted by Gasteiger charge is 2.22. The number of quaternary nitrogens is 1. The van der Waals surface area contributed by atoms with E-state index in [0.717, 1.165) is 22.6 Å². The van der Waals surface area contributed by atoms with Crippen molar-refractivity contribution in [2.45, 2.75) is 26.8 Å². The van der Waals surface area contributed by atoms with Crippen LogP contribution in [0.3, 0.4) is 0 Å². The number of hydrogen-bond donors (Lipinski definition) is 2. The van der Waals surface area contributed by atoms with Crippen LogP contribution in [0, 0.1) is 25.5 Å². The van der Waals surface area contributed by atoms with Gasteiger partial charge in [-0.3, -0.25) is 4.79 Å². The maximum Gasteiger partial charge on any atom is 0.341 e. The number of nitrogens with two attached hydrogens (primary N) is 1. The molecular formula is C18H21F2N2O3S+. The molecule has 1 aromatic carbocycles. The van der Waals surface area contributed by atoms with Crippen molar-refractivity contribution >= 4 is 28.2 Å². The zero-order valence-electron chi connectivity index (χ0n) is 15.0. The van der Waals surface area contributed by atoms with E-state index in [9.17, 15) is 18.4 Å². The molecule has 0 aliphatic heterocycles. The number of methoxy groups -OCH3 is 1. The van der Waals surface area contributed by atoms with Crippen molar-refractivity contribution < 1.29 is 28.4 Å². The van der Waals surface area contributed by atoms with Crippen LogP contribution in [0.15, 0.2) is 18.2 Å². The van der Waals surface area contributed by atoms with Crippen molar-refractivity contribution in [2.75, 3.05) is 19.0 Å². The quantitative estimate of drug-likeness (QED) is 0.754. The Labute approximate surface area is 154 Å². The lowest BCUT2D eigenvalue weighted by Gasteiger charge is -2.11. The van der Waals surface area contributed by atoms with Crippen LogP contribution in [0.25, 0.3) is 0 Å². The molecule has 1 amide bonds. The molecule has 8 heteroatoms. The van der Waals surface area contributed by atoms with Gasteiger partial charge >= 0.3 is 5.97 Å². The molecule has 0 bridgehead atoms. The molecule has 3 N–H and O–H groups in total. The number of ether oxygens (including phenoxy) is 1. The molecule has 2 rings (SSSR count). The fourth-order valence-corrected chi connectivity index (χ4v) is 3.52. The summed E-state index contributed by atoms with van der Waals surface area (Å²) in [6.07, 6.45) is 0. The normalized spacial score (nSPS) is 11.9. The van der Waals surface area contributed by atoms with Crippen molar-refractivity contribution in [1.29, 1.82) is 0 Å². The summed E-state index contributed by atoms with van der Waals surface area (Å²) < 4.78 is 31.1. The molecule has 0 fully saturated rings. The van der Waals surface area contributed by atoms with Crippen LogP contribution in [0.5, 0.6) is 0 Å². The highest BCUT2D eigenvalue weighted by atomic mass is 32.1. The highest BCUT2D eigenvalue weighted by molar-refractivity contribution is 7.16. The smallest absolute Gasteiger partial charge is 0.341 e. The lowest BCUT2D eigenvalue weighted by molar-refractivity contribution is -0.682. The number of esters is 1. The average molecular weight is 383 g/mol. The number of aryl methyl sites for hydroxylation is 1. The second-order valence-corrected chi connectivity index (χ2v) is 7.15. The number of amides is 1. The van der Waals surface area contributed by atoms with Gasteiger partial charge in [-0.05, 0) is 44.5 Å². The molecule has 0 aliphatic rings. The Morgan fingerprint density at radius 2 is 1.96 bits per heavy atom. The van der Waals surface area contributed by atoms with E-state index in [2.05, 4.69) is 5.32 Å². The standard InChI is InChI=1S/C18H20F2N2O3S/c1-9-11(3)26-17(16(9)18(24)25-4)22-15(23)8-21-10(2)12-5-6-13(19)14(20)7-12/h5-7,10,21H,8H2,1-4H3,(H,22,23)/p+1/t10-/m1/s1. The largest absolute Gasteiger partial charge is 0.465 e. The molecule has 1 aromatic heterocycles. The number of nitrogens with one attached hydrogen (secondary N) is 1. The molecule has 1 atom stereocenters. The molecule has 26 heavy (non-hydrogen) atoms. The first-order valence-corrected chi connectivity index (χ1v) is 8.82. The highest BCUT2D eigenvalue weighted by Crippen LogP contribution is 2.32. The molecule has 140 valence electrons. The van der Waals surface area contributed by atoms with E-state index in [-0.39, 0.29) is 18.5 Å². The van der Waals surface area contributed by atoms with Gasteiger partial charge in [0.05, 0.1) is 12.7 Å². The molecular weight excluding hydrogens is 362 g/mol. The van der Waals surface area contributed by atoms with Gasteiger partial charge in [-0.1, -0.05) is 0 Å². The fraction of sp³-hybridized carbons (Fsp3) is 0.333. The van der Waals surface area contributed by atoms with Crippen LogP contribution >= 0.6 is 11.3 Å². The summed E-state index contributed by atoms with van der Waals surface area (Å²) in [6.45, 7) is 5.51. The Morgan fingerprint density at radius 3 is 2.58 bits per heavy atom. The molecule has 0 radical (unpaired) electrons. The number of rotatable bonds is 6.